The highest BCUT2D eigenvalue weighted by Gasteiger charge is 2.39. The van der Waals surface area contributed by atoms with Gasteiger partial charge in [0.05, 0.1) is 13.1 Å². The molecule has 2 aliphatic carbocycles. The van der Waals surface area contributed by atoms with Crippen LogP contribution in [0.15, 0.2) is 0 Å². The van der Waals surface area contributed by atoms with Gasteiger partial charge >= 0.3 is 5.97 Å². The lowest BCUT2D eigenvalue weighted by Gasteiger charge is -2.38. The average molecular weight is 351 g/mol. The molecular formula is C19H33N3O3. The van der Waals surface area contributed by atoms with Crippen molar-refractivity contribution >= 4 is 11.9 Å². The summed E-state index contributed by atoms with van der Waals surface area (Å²) < 4.78 is 0. The third-order valence-corrected chi connectivity index (χ3v) is 6.12. The Kier molecular flexibility index (Phi) is 6.34. The number of carboxylic acids is 1. The molecule has 0 atom stereocenters. The number of hydrogen-bond acceptors (Lipinski definition) is 4. The molecule has 1 amide bonds. The van der Waals surface area contributed by atoms with Crippen molar-refractivity contribution in [3.63, 3.8) is 0 Å². The van der Waals surface area contributed by atoms with Crippen molar-refractivity contribution in [2.24, 2.45) is 0 Å². The summed E-state index contributed by atoms with van der Waals surface area (Å²) in [6, 6.07) is 1.34. The van der Waals surface area contributed by atoms with E-state index >= 15 is 0 Å². The first-order valence-corrected chi connectivity index (χ1v) is 10.1. The second kappa shape index (κ2) is 8.49. The van der Waals surface area contributed by atoms with Gasteiger partial charge in [-0.15, -0.1) is 0 Å². The summed E-state index contributed by atoms with van der Waals surface area (Å²) in [7, 11) is 0. The van der Waals surface area contributed by atoms with E-state index in [0.29, 0.717) is 30.6 Å². The largest absolute Gasteiger partial charge is 0.480 e. The second-order valence-corrected chi connectivity index (χ2v) is 7.93. The Morgan fingerprint density at radius 1 is 0.960 bits per heavy atom. The predicted octanol–water partition coefficient (Wildman–Crippen LogP) is 1.79. The highest BCUT2D eigenvalue weighted by atomic mass is 16.4. The van der Waals surface area contributed by atoms with Gasteiger partial charge in [0.1, 0.15) is 0 Å². The molecule has 0 aromatic carbocycles. The molecule has 6 heteroatoms. The van der Waals surface area contributed by atoms with E-state index < -0.39 is 5.97 Å². The van der Waals surface area contributed by atoms with Crippen LogP contribution in [0.4, 0.5) is 0 Å². The van der Waals surface area contributed by atoms with E-state index in [-0.39, 0.29) is 6.54 Å². The zero-order chi connectivity index (χ0) is 17.8. The minimum atomic E-state index is -0.754. The first-order valence-electron chi connectivity index (χ1n) is 10.1. The summed E-state index contributed by atoms with van der Waals surface area (Å²) in [5.74, 6) is -0.429. The molecule has 3 aliphatic rings. The number of carboxylic acid groups (broad SMARTS) is 1. The Bertz CT molecular complexity index is 467. The van der Waals surface area contributed by atoms with Gasteiger partial charge in [0.15, 0.2) is 0 Å². The average Bonchev–Trinajstić information content (AvgIpc) is 3.27. The molecule has 0 unspecified atom stereocenters. The van der Waals surface area contributed by atoms with Gasteiger partial charge < -0.3 is 10.0 Å². The van der Waals surface area contributed by atoms with Crippen LogP contribution in [0, 0.1) is 0 Å². The number of amides is 1. The van der Waals surface area contributed by atoms with Crippen molar-refractivity contribution in [3.05, 3.63) is 0 Å². The monoisotopic (exact) mass is 351 g/mol. The van der Waals surface area contributed by atoms with Crippen LogP contribution in [0.3, 0.4) is 0 Å². The predicted molar refractivity (Wildman–Crippen MR) is 96.5 cm³/mol. The van der Waals surface area contributed by atoms with Crippen molar-refractivity contribution in [3.8, 4) is 0 Å². The van der Waals surface area contributed by atoms with Gasteiger partial charge in [-0.3, -0.25) is 19.4 Å². The van der Waals surface area contributed by atoms with Crippen LogP contribution in [0.25, 0.3) is 0 Å². The van der Waals surface area contributed by atoms with Gasteiger partial charge in [-0.1, -0.05) is 19.8 Å². The number of piperidine rings is 1. The molecule has 1 N–H and O–H groups in total. The molecule has 0 aromatic heterocycles. The van der Waals surface area contributed by atoms with Crippen LogP contribution in [0.1, 0.15) is 58.3 Å². The molecule has 1 heterocycles. The summed E-state index contributed by atoms with van der Waals surface area (Å²) in [6.07, 6.45) is 9.19. The quantitative estimate of drug-likeness (QED) is 0.722. The van der Waals surface area contributed by atoms with E-state index in [1.54, 1.807) is 0 Å². The van der Waals surface area contributed by atoms with Gasteiger partial charge in [0.25, 0.3) is 0 Å². The molecule has 142 valence electrons. The molecule has 1 saturated heterocycles. The minimum Gasteiger partial charge on any atom is -0.480 e. The molecule has 25 heavy (non-hydrogen) atoms. The van der Waals surface area contributed by atoms with Gasteiger partial charge in [0, 0.05) is 31.2 Å². The van der Waals surface area contributed by atoms with Crippen molar-refractivity contribution in [1.29, 1.82) is 0 Å². The lowest BCUT2D eigenvalue weighted by Crippen LogP contribution is -2.50. The molecule has 0 radical (unpaired) electrons. The SMILES string of the molecule is CCN(CC(=O)O)C1CCN(CC(=O)N(C2CCCC2)C2CC2)CC1. The molecule has 2 saturated carbocycles. The zero-order valence-electron chi connectivity index (χ0n) is 15.5. The van der Waals surface area contributed by atoms with Gasteiger partial charge in [-0.05, 0) is 45.1 Å². The van der Waals surface area contributed by atoms with Crippen LogP contribution in [0.5, 0.6) is 0 Å². The Balaban J connectivity index is 1.47. The number of hydrogen-bond donors (Lipinski definition) is 1. The van der Waals surface area contributed by atoms with Crippen LogP contribution < -0.4 is 0 Å². The number of carbonyl (C=O) groups is 2. The summed E-state index contributed by atoms with van der Waals surface area (Å²) in [5, 5.41) is 9.04. The highest BCUT2D eigenvalue weighted by Crippen LogP contribution is 2.34. The number of aliphatic carboxylic acids is 1. The van der Waals surface area contributed by atoms with Crippen molar-refractivity contribution < 1.29 is 14.7 Å². The third-order valence-electron chi connectivity index (χ3n) is 6.12. The summed E-state index contributed by atoms with van der Waals surface area (Å²) in [5.41, 5.74) is 0. The van der Waals surface area contributed by atoms with E-state index in [2.05, 4.69) is 14.7 Å². The lowest BCUT2D eigenvalue weighted by molar-refractivity contribution is -0.139. The fraction of sp³-hybridized carbons (Fsp3) is 0.895. The smallest absolute Gasteiger partial charge is 0.317 e. The fourth-order valence-electron chi connectivity index (χ4n) is 4.63. The standard InChI is InChI=1S/C19H33N3O3/c1-2-21(14-19(24)25)15-9-11-20(12-10-15)13-18(23)22(17-7-8-17)16-5-3-4-6-16/h15-17H,2-14H2,1H3,(H,24,25). The van der Waals surface area contributed by atoms with Crippen molar-refractivity contribution in [2.45, 2.75) is 76.4 Å². The molecule has 3 fully saturated rings. The first kappa shape index (κ1) is 18.6. The Morgan fingerprint density at radius 2 is 1.56 bits per heavy atom. The molecular weight excluding hydrogens is 318 g/mol. The van der Waals surface area contributed by atoms with E-state index in [1.807, 2.05) is 6.92 Å². The van der Waals surface area contributed by atoms with E-state index in [1.165, 1.54) is 38.5 Å². The van der Waals surface area contributed by atoms with Gasteiger partial charge in [0.2, 0.25) is 5.91 Å². The molecule has 0 bridgehead atoms. The molecule has 0 aromatic rings. The van der Waals surface area contributed by atoms with E-state index in [4.69, 9.17) is 5.11 Å². The molecule has 0 spiro atoms. The second-order valence-electron chi connectivity index (χ2n) is 7.93. The first-order chi connectivity index (χ1) is 12.1. The Hall–Kier alpha value is -1.14. The summed E-state index contributed by atoms with van der Waals surface area (Å²) >= 11 is 0. The molecule has 1 aliphatic heterocycles. The molecule has 6 nitrogen and oxygen atoms in total. The number of nitrogens with zero attached hydrogens (tertiary/aromatic N) is 3. The highest BCUT2D eigenvalue weighted by molar-refractivity contribution is 5.79. The maximum Gasteiger partial charge on any atom is 0.317 e. The van der Waals surface area contributed by atoms with E-state index in [9.17, 15) is 9.59 Å². The lowest BCUT2D eigenvalue weighted by atomic mass is 10.0. The summed E-state index contributed by atoms with van der Waals surface area (Å²) in [6.45, 7) is 5.26. The van der Waals surface area contributed by atoms with Gasteiger partial charge in [-0.25, -0.2) is 0 Å². The summed E-state index contributed by atoms with van der Waals surface area (Å²) in [4.78, 5) is 30.4. The van der Waals surface area contributed by atoms with Crippen LogP contribution in [-0.2, 0) is 9.59 Å². The van der Waals surface area contributed by atoms with Crippen LogP contribution >= 0.6 is 0 Å². The number of likely N-dealkylation sites (N-methyl/N-ethyl adjacent to an activating group) is 1. The van der Waals surface area contributed by atoms with Crippen molar-refractivity contribution in [1.82, 2.24) is 14.7 Å². The number of rotatable bonds is 8. The maximum absolute atomic E-state index is 12.9. The van der Waals surface area contributed by atoms with Crippen LogP contribution in [0.2, 0.25) is 0 Å². The fourth-order valence-corrected chi connectivity index (χ4v) is 4.63. The van der Waals surface area contributed by atoms with Crippen molar-refractivity contribution in [2.75, 3.05) is 32.7 Å². The van der Waals surface area contributed by atoms with Gasteiger partial charge in [-0.2, -0.15) is 0 Å². The Labute approximate surface area is 151 Å². The zero-order valence-corrected chi connectivity index (χ0v) is 15.5. The number of likely N-dealkylation sites (tertiary alicyclic amines) is 1. The van der Waals surface area contributed by atoms with Crippen LogP contribution in [-0.4, -0.2) is 82.5 Å². The molecule has 3 rings (SSSR count). The topological polar surface area (TPSA) is 64.1 Å². The third kappa shape index (κ3) is 4.94. The normalized spacial score (nSPS) is 23.3. The number of carbonyl (C=O) groups excluding carboxylic acids is 1. The van der Waals surface area contributed by atoms with E-state index in [0.717, 1.165) is 32.5 Å². The maximum atomic E-state index is 12.9. The minimum absolute atomic E-state index is 0.122. The Morgan fingerprint density at radius 3 is 2.08 bits per heavy atom.